The van der Waals surface area contributed by atoms with Gasteiger partial charge in [0.05, 0.1) is 12.1 Å². The van der Waals surface area contributed by atoms with Gasteiger partial charge in [-0.1, -0.05) is 19.8 Å². The molecule has 2 N–H and O–H groups in total. The van der Waals surface area contributed by atoms with Gasteiger partial charge in [0.2, 0.25) is 5.91 Å². The lowest BCUT2D eigenvalue weighted by molar-refractivity contribution is -0.120. The topological polar surface area (TPSA) is 41.1 Å². The van der Waals surface area contributed by atoms with Crippen LogP contribution in [0.3, 0.4) is 0 Å². The van der Waals surface area contributed by atoms with Crippen molar-refractivity contribution >= 4 is 5.91 Å². The summed E-state index contributed by atoms with van der Waals surface area (Å²) in [6, 6.07) is 0. The molecule has 0 rings (SSSR count). The summed E-state index contributed by atoms with van der Waals surface area (Å²) in [5, 5.41) is 5.84. The molecule has 0 aromatic heterocycles. The van der Waals surface area contributed by atoms with Gasteiger partial charge in [-0.25, -0.2) is 0 Å². The Morgan fingerprint density at radius 2 is 2.07 bits per heavy atom. The number of nitrogens with one attached hydrogen (secondary N) is 2. The first-order valence-corrected chi connectivity index (χ1v) is 5.37. The van der Waals surface area contributed by atoms with Crippen LogP contribution < -0.4 is 10.6 Å². The van der Waals surface area contributed by atoms with Crippen LogP contribution in [0, 0.1) is 18.3 Å². The standard InChI is InChI=1S/C12H22N2O/c1-6-12(4,5)14-9-11(15)13-8-7-10(2)3/h1,10,14H,7-9H2,2-5H3,(H,13,15). The Hall–Kier alpha value is -1.01. The quantitative estimate of drug-likeness (QED) is 0.646. The fraction of sp³-hybridized carbons (Fsp3) is 0.750. The Morgan fingerprint density at radius 1 is 1.47 bits per heavy atom. The second kappa shape index (κ2) is 6.47. The smallest absolute Gasteiger partial charge is 0.234 e. The minimum atomic E-state index is -0.421. The minimum absolute atomic E-state index is 0.000949. The Balaban J connectivity index is 3.64. The van der Waals surface area contributed by atoms with Crippen LogP contribution in [0.2, 0.25) is 0 Å². The zero-order valence-corrected chi connectivity index (χ0v) is 10.2. The van der Waals surface area contributed by atoms with E-state index in [1.807, 2.05) is 13.8 Å². The van der Waals surface area contributed by atoms with Gasteiger partial charge in [-0.2, -0.15) is 0 Å². The van der Waals surface area contributed by atoms with Crippen molar-refractivity contribution < 1.29 is 4.79 Å². The van der Waals surface area contributed by atoms with E-state index in [0.717, 1.165) is 13.0 Å². The highest BCUT2D eigenvalue weighted by atomic mass is 16.1. The maximum atomic E-state index is 11.3. The van der Waals surface area contributed by atoms with Crippen LogP contribution in [-0.4, -0.2) is 24.5 Å². The minimum Gasteiger partial charge on any atom is -0.355 e. The molecule has 0 saturated heterocycles. The molecule has 0 atom stereocenters. The van der Waals surface area contributed by atoms with Crippen LogP contribution in [0.15, 0.2) is 0 Å². The molecule has 0 aliphatic heterocycles. The number of carbonyl (C=O) groups is 1. The van der Waals surface area contributed by atoms with Gasteiger partial charge in [0.15, 0.2) is 0 Å². The Morgan fingerprint density at radius 3 is 2.53 bits per heavy atom. The molecule has 0 unspecified atom stereocenters. The van der Waals surface area contributed by atoms with Gasteiger partial charge in [0.1, 0.15) is 0 Å². The van der Waals surface area contributed by atoms with E-state index in [4.69, 9.17) is 6.42 Å². The fourth-order valence-corrected chi connectivity index (χ4v) is 0.915. The van der Waals surface area contributed by atoms with E-state index in [9.17, 15) is 4.79 Å². The zero-order chi connectivity index (χ0) is 11.9. The first-order chi connectivity index (χ1) is 6.87. The molecule has 3 nitrogen and oxygen atoms in total. The highest BCUT2D eigenvalue weighted by Crippen LogP contribution is 1.98. The van der Waals surface area contributed by atoms with Crippen molar-refractivity contribution in [2.75, 3.05) is 13.1 Å². The van der Waals surface area contributed by atoms with Crippen molar-refractivity contribution in [1.82, 2.24) is 10.6 Å². The van der Waals surface area contributed by atoms with Crippen molar-refractivity contribution in [3.05, 3.63) is 0 Å². The monoisotopic (exact) mass is 210 g/mol. The van der Waals surface area contributed by atoms with E-state index >= 15 is 0 Å². The number of rotatable bonds is 6. The molecule has 0 aromatic carbocycles. The third-order valence-corrected chi connectivity index (χ3v) is 2.10. The van der Waals surface area contributed by atoms with Gasteiger partial charge in [-0.3, -0.25) is 10.1 Å². The molecule has 0 saturated carbocycles. The Labute approximate surface area is 93.0 Å². The summed E-state index contributed by atoms with van der Waals surface area (Å²) in [6.45, 7) is 9.00. The average molecular weight is 210 g/mol. The van der Waals surface area contributed by atoms with Crippen molar-refractivity contribution in [2.45, 2.75) is 39.7 Å². The SMILES string of the molecule is C#CC(C)(C)NCC(=O)NCCC(C)C. The van der Waals surface area contributed by atoms with Crippen LogP contribution in [0.5, 0.6) is 0 Å². The van der Waals surface area contributed by atoms with Crippen LogP contribution in [0.1, 0.15) is 34.1 Å². The lowest BCUT2D eigenvalue weighted by atomic mass is 10.1. The zero-order valence-electron chi connectivity index (χ0n) is 10.2. The Bertz CT molecular complexity index is 238. The molecule has 0 aliphatic rings. The molecule has 0 fully saturated rings. The highest BCUT2D eigenvalue weighted by Gasteiger charge is 2.13. The summed E-state index contributed by atoms with van der Waals surface area (Å²) in [5.74, 6) is 3.19. The number of hydrogen-bond donors (Lipinski definition) is 2. The van der Waals surface area contributed by atoms with Crippen LogP contribution in [-0.2, 0) is 4.79 Å². The molecule has 0 radical (unpaired) electrons. The van der Waals surface area contributed by atoms with Crippen molar-refractivity contribution in [2.24, 2.45) is 5.92 Å². The second-order valence-electron chi connectivity index (χ2n) is 4.66. The molecular formula is C12H22N2O. The van der Waals surface area contributed by atoms with Crippen molar-refractivity contribution in [3.63, 3.8) is 0 Å². The predicted molar refractivity (Wildman–Crippen MR) is 63.4 cm³/mol. The van der Waals surface area contributed by atoms with Crippen LogP contribution >= 0.6 is 0 Å². The van der Waals surface area contributed by atoms with Crippen molar-refractivity contribution in [1.29, 1.82) is 0 Å². The van der Waals surface area contributed by atoms with E-state index in [1.165, 1.54) is 0 Å². The van der Waals surface area contributed by atoms with Gasteiger partial charge in [-0.05, 0) is 26.2 Å². The number of terminal acetylenes is 1. The molecule has 15 heavy (non-hydrogen) atoms. The highest BCUT2D eigenvalue weighted by molar-refractivity contribution is 5.78. The largest absolute Gasteiger partial charge is 0.355 e. The molecule has 0 heterocycles. The molecule has 0 aliphatic carbocycles. The van der Waals surface area contributed by atoms with Gasteiger partial charge < -0.3 is 5.32 Å². The summed E-state index contributed by atoms with van der Waals surface area (Å²) in [5.41, 5.74) is -0.421. The van der Waals surface area contributed by atoms with E-state index in [0.29, 0.717) is 5.92 Å². The predicted octanol–water partition coefficient (Wildman–Crippen LogP) is 1.15. The molecule has 86 valence electrons. The maximum Gasteiger partial charge on any atom is 0.234 e. The molecule has 3 heteroatoms. The lowest BCUT2D eigenvalue weighted by Crippen LogP contribution is -2.44. The van der Waals surface area contributed by atoms with E-state index in [2.05, 4.69) is 30.4 Å². The molecule has 1 amide bonds. The number of amides is 1. The van der Waals surface area contributed by atoms with Gasteiger partial charge in [0, 0.05) is 6.54 Å². The molecule has 0 bridgehead atoms. The summed E-state index contributed by atoms with van der Waals surface area (Å²) >= 11 is 0. The maximum absolute atomic E-state index is 11.3. The van der Waals surface area contributed by atoms with Gasteiger partial charge in [0.25, 0.3) is 0 Å². The fourth-order valence-electron chi connectivity index (χ4n) is 0.915. The first kappa shape index (κ1) is 14.0. The normalized spacial score (nSPS) is 11.2. The summed E-state index contributed by atoms with van der Waals surface area (Å²) in [6.07, 6.45) is 6.29. The van der Waals surface area contributed by atoms with E-state index < -0.39 is 5.54 Å². The second-order valence-corrected chi connectivity index (χ2v) is 4.66. The van der Waals surface area contributed by atoms with Gasteiger partial charge >= 0.3 is 0 Å². The summed E-state index contributed by atoms with van der Waals surface area (Å²) in [4.78, 5) is 11.3. The third-order valence-electron chi connectivity index (χ3n) is 2.10. The van der Waals surface area contributed by atoms with E-state index in [1.54, 1.807) is 0 Å². The first-order valence-electron chi connectivity index (χ1n) is 5.37. The van der Waals surface area contributed by atoms with E-state index in [-0.39, 0.29) is 12.5 Å². The van der Waals surface area contributed by atoms with Crippen molar-refractivity contribution in [3.8, 4) is 12.3 Å². The summed E-state index contributed by atoms with van der Waals surface area (Å²) in [7, 11) is 0. The van der Waals surface area contributed by atoms with Crippen LogP contribution in [0.25, 0.3) is 0 Å². The molecule has 0 aromatic rings. The van der Waals surface area contributed by atoms with Crippen LogP contribution in [0.4, 0.5) is 0 Å². The Kier molecular flexibility index (Phi) is 6.03. The average Bonchev–Trinajstić information content (AvgIpc) is 2.14. The molecule has 0 spiro atoms. The molecular weight excluding hydrogens is 188 g/mol. The summed E-state index contributed by atoms with van der Waals surface area (Å²) < 4.78 is 0. The third kappa shape index (κ3) is 8.02. The number of hydrogen-bond acceptors (Lipinski definition) is 2. The van der Waals surface area contributed by atoms with Gasteiger partial charge in [-0.15, -0.1) is 6.42 Å². The lowest BCUT2D eigenvalue weighted by Gasteiger charge is -2.19. The number of carbonyl (C=O) groups excluding carboxylic acids is 1.